The smallest absolute Gasteiger partial charge is 0.317 e. The summed E-state index contributed by atoms with van der Waals surface area (Å²) in [6, 6.07) is 9.97. The fourth-order valence-electron chi connectivity index (χ4n) is 3.98. The molecule has 2 aliphatic rings. The van der Waals surface area contributed by atoms with Gasteiger partial charge in [-0.15, -0.1) is 11.3 Å². The van der Waals surface area contributed by atoms with Crippen LogP contribution in [0.5, 0.6) is 5.75 Å². The van der Waals surface area contributed by atoms with Crippen molar-refractivity contribution in [3.8, 4) is 11.8 Å². The molecule has 2 heterocycles. The lowest BCUT2D eigenvalue weighted by Crippen LogP contribution is -2.42. The number of thiophene rings is 1. The van der Waals surface area contributed by atoms with E-state index in [0.29, 0.717) is 36.6 Å². The van der Waals surface area contributed by atoms with E-state index in [1.54, 1.807) is 12.0 Å². The van der Waals surface area contributed by atoms with Gasteiger partial charge in [-0.1, -0.05) is 12.1 Å². The van der Waals surface area contributed by atoms with Gasteiger partial charge in [0.25, 0.3) is 0 Å². The van der Waals surface area contributed by atoms with Crippen LogP contribution < -0.4 is 15.4 Å². The molecule has 1 aromatic heterocycles. The van der Waals surface area contributed by atoms with Crippen LogP contribution in [-0.2, 0) is 17.8 Å². The van der Waals surface area contributed by atoms with Crippen molar-refractivity contribution in [1.82, 2.24) is 10.2 Å². The first kappa shape index (κ1) is 20.2. The summed E-state index contributed by atoms with van der Waals surface area (Å²) in [5, 5.41) is 16.1. The maximum Gasteiger partial charge on any atom is 0.317 e. The third kappa shape index (κ3) is 3.85. The number of fused-ring (bicyclic) bond motifs is 1. The second-order valence-corrected chi connectivity index (χ2v) is 8.65. The minimum Gasteiger partial charge on any atom is -0.497 e. The normalized spacial score (nSPS) is 19.4. The summed E-state index contributed by atoms with van der Waals surface area (Å²) in [5.41, 5.74) is 2.59. The van der Waals surface area contributed by atoms with Crippen molar-refractivity contribution >= 4 is 28.3 Å². The second-order valence-electron chi connectivity index (χ2n) is 7.54. The molecule has 1 saturated carbocycles. The molecule has 0 bridgehead atoms. The lowest BCUT2D eigenvalue weighted by molar-refractivity contribution is -0.117. The van der Waals surface area contributed by atoms with Crippen molar-refractivity contribution in [2.24, 2.45) is 5.92 Å². The summed E-state index contributed by atoms with van der Waals surface area (Å²) in [7, 11) is 1.63. The number of methoxy groups -OCH3 is 1. The van der Waals surface area contributed by atoms with Gasteiger partial charge in [-0.25, -0.2) is 4.79 Å². The summed E-state index contributed by atoms with van der Waals surface area (Å²) in [5.74, 6) is 0.800. The summed E-state index contributed by atoms with van der Waals surface area (Å²) < 4.78 is 5.27. The summed E-state index contributed by atoms with van der Waals surface area (Å²) in [6.45, 7) is 3.49. The Morgan fingerprint density at radius 3 is 2.97 bits per heavy atom. The molecule has 8 heteroatoms. The Bertz CT molecular complexity index is 1030. The average Bonchev–Trinajstić information content (AvgIpc) is 3.49. The predicted molar refractivity (Wildman–Crippen MR) is 115 cm³/mol. The van der Waals surface area contributed by atoms with Gasteiger partial charge in [0.1, 0.15) is 16.8 Å². The number of rotatable bonds is 5. The van der Waals surface area contributed by atoms with Crippen molar-refractivity contribution in [3.05, 3.63) is 45.8 Å². The first-order valence-corrected chi connectivity index (χ1v) is 10.9. The lowest BCUT2D eigenvalue weighted by Gasteiger charge is -2.26. The molecule has 0 spiro atoms. The standard InChI is InChI=1S/C22H24N4O3S/c1-3-24-22(28)26-8-7-15-18(11-23)21(30-19(15)12-26)25-20(27)17-10-16(17)13-5-4-6-14(9-13)29-2/h4-6,9,16-17H,3,7-8,10,12H2,1-2H3,(H,24,28)(H,25,27). The van der Waals surface area contributed by atoms with E-state index in [9.17, 15) is 14.9 Å². The van der Waals surface area contributed by atoms with Gasteiger partial charge < -0.3 is 20.3 Å². The number of urea groups is 1. The average molecular weight is 425 g/mol. The quantitative estimate of drug-likeness (QED) is 0.769. The molecule has 1 aliphatic heterocycles. The topological polar surface area (TPSA) is 94.5 Å². The van der Waals surface area contributed by atoms with Crippen molar-refractivity contribution in [3.63, 3.8) is 0 Å². The van der Waals surface area contributed by atoms with Crippen LogP contribution in [0.3, 0.4) is 0 Å². The minimum atomic E-state index is -0.102. The molecular formula is C22H24N4O3S. The van der Waals surface area contributed by atoms with Gasteiger partial charge in [0.05, 0.1) is 19.2 Å². The fraction of sp³-hybridized carbons (Fsp3) is 0.409. The van der Waals surface area contributed by atoms with Gasteiger partial charge in [0, 0.05) is 23.9 Å². The lowest BCUT2D eigenvalue weighted by atomic mass is 10.0. The van der Waals surface area contributed by atoms with E-state index in [4.69, 9.17) is 4.74 Å². The Morgan fingerprint density at radius 1 is 1.40 bits per heavy atom. The molecule has 1 aliphatic carbocycles. The Balaban J connectivity index is 1.46. The maximum atomic E-state index is 12.8. The SMILES string of the molecule is CCNC(=O)N1CCc2c(sc(NC(=O)C3CC3c3cccc(OC)c3)c2C#N)C1. The number of hydrogen-bond acceptors (Lipinski definition) is 5. The summed E-state index contributed by atoms with van der Waals surface area (Å²) >= 11 is 1.41. The van der Waals surface area contributed by atoms with Crippen LogP contribution in [-0.4, -0.2) is 37.0 Å². The van der Waals surface area contributed by atoms with Crippen LogP contribution in [0.4, 0.5) is 9.80 Å². The predicted octanol–water partition coefficient (Wildman–Crippen LogP) is 3.46. The number of nitrogens with zero attached hydrogens (tertiary/aromatic N) is 2. The van der Waals surface area contributed by atoms with Crippen molar-refractivity contribution in [1.29, 1.82) is 5.26 Å². The van der Waals surface area contributed by atoms with Crippen LogP contribution in [0.1, 0.15) is 40.8 Å². The molecule has 4 rings (SSSR count). The highest BCUT2D eigenvalue weighted by Crippen LogP contribution is 2.49. The molecule has 2 aromatic rings. The maximum absolute atomic E-state index is 12.8. The Morgan fingerprint density at radius 2 is 2.23 bits per heavy atom. The minimum absolute atomic E-state index is 0.0569. The molecule has 1 aromatic carbocycles. The molecule has 30 heavy (non-hydrogen) atoms. The number of carbonyl (C=O) groups is 2. The van der Waals surface area contributed by atoms with Gasteiger partial charge in [0.15, 0.2) is 0 Å². The molecule has 2 unspecified atom stereocenters. The molecule has 156 valence electrons. The number of anilines is 1. The molecule has 2 N–H and O–H groups in total. The number of carbonyl (C=O) groups excluding carboxylic acids is 2. The zero-order valence-corrected chi connectivity index (χ0v) is 17.8. The first-order chi connectivity index (χ1) is 14.5. The van der Waals surface area contributed by atoms with Crippen molar-refractivity contribution in [2.75, 3.05) is 25.5 Å². The van der Waals surface area contributed by atoms with Crippen LogP contribution in [0.25, 0.3) is 0 Å². The highest BCUT2D eigenvalue weighted by Gasteiger charge is 2.44. The van der Waals surface area contributed by atoms with Gasteiger partial charge >= 0.3 is 6.03 Å². The van der Waals surface area contributed by atoms with Gasteiger partial charge in [0.2, 0.25) is 5.91 Å². The number of nitrogens with one attached hydrogen (secondary N) is 2. The number of hydrogen-bond donors (Lipinski definition) is 2. The molecule has 0 radical (unpaired) electrons. The molecule has 1 fully saturated rings. The third-order valence-electron chi connectivity index (χ3n) is 5.67. The number of benzene rings is 1. The van der Waals surface area contributed by atoms with Crippen molar-refractivity contribution in [2.45, 2.75) is 32.2 Å². The summed E-state index contributed by atoms with van der Waals surface area (Å²) in [6.07, 6.45) is 1.41. The van der Waals surface area contributed by atoms with E-state index in [1.807, 2.05) is 31.2 Å². The van der Waals surface area contributed by atoms with E-state index in [-0.39, 0.29) is 23.8 Å². The van der Waals surface area contributed by atoms with E-state index in [2.05, 4.69) is 16.7 Å². The highest BCUT2D eigenvalue weighted by molar-refractivity contribution is 7.16. The molecule has 7 nitrogen and oxygen atoms in total. The summed E-state index contributed by atoms with van der Waals surface area (Å²) in [4.78, 5) is 27.7. The number of amides is 3. The fourth-order valence-corrected chi connectivity index (χ4v) is 5.19. The highest BCUT2D eigenvalue weighted by atomic mass is 32.1. The molecule has 2 atom stereocenters. The van der Waals surface area contributed by atoms with Gasteiger partial charge in [-0.05, 0) is 48.9 Å². The van der Waals surface area contributed by atoms with Crippen LogP contribution in [0.2, 0.25) is 0 Å². The van der Waals surface area contributed by atoms with E-state index in [0.717, 1.165) is 28.2 Å². The van der Waals surface area contributed by atoms with Crippen LogP contribution in [0.15, 0.2) is 24.3 Å². The third-order valence-corrected chi connectivity index (χ3v) is 6.80. The Labute approximate surface area is 179 Å². The van der Waals surface area contributed by atoms with E-state index < -0.39 is 0 Å². The molecule has 0 saturated heterocycles. The van der Waals surface area contributed by atoms with E-state index in [1.165, 1.54) is 11.3 Å². The number of nitriles is 1. The Kier molecular flexibility index (Phi) is 5.64. The Hall–Kier alpha value is -3.05. The first-order valence-electron chi connectivity index (χ1n) is 10.1. The molecule has 3 amide bonds. The second kappa shape index (κ2) is 8.36. The zero-order chi connectivity index (χ0) is 21.3. The van der Waals surface area contributed by atoms with Crippen LogP contribution >= 0.6 is 11.3 Å². The zero-order valence-electron chi connectivity index (χ0n) is 17.0. The van der Waals surface area contributed by atoms with E-state index >= 15 is 0 Å². The van der Waals surface area contributed by atoms with Crippen molar-refractivity contribution < 1.29 is 14.3 Å². The van der Waals surface area contributed by atoms with Crippen LogP contribution in [0, 0.1) is 17.2 Å². The van der Waals surface area contributed by atoms with Gasteiger partial charge in [-0.3, -0.25) is 4.79 Å². The largest absolute Gasteiger partial charge is 0.497 e. The van der Waals surface area contributed by atoms with Gasteiger partial charge in [-0.2, -0.15) is 5.26 Å². The monoisotopic (exact) mass is 424 g/mol. The number of ether oxygens (including phenoxy) is 1. The molecular weight excluding hydrogens is 400 g/mol.